The third-order valence-corrected chi connectivity index (χ3v) is 3.81. The van der Waals surface area contributed by atoms with Crippen molar-refractivity contribution in [2.75, 3.05) is 25.5 Å². The molecule has 1 aliphatic carbocycles. The predicted octanol–water partition coefficient (Wildman–Crippen LogP) is 1.28. The summed E-state index contributed by atoms with van der Waals surface area (Å²) in [5, 5.41) is 15.2. The van der Waals surface area contributed by atoms with E-state index < -0.39 is 0 Å². The minimum atomic E-state index is 0. The van der Waals surface area contributed by atoms with Crippen molar-refractivity contribution in [1.29, 1.82) is 0 Å². The highest BCUT2D eigenvalue weighted by Crippen LogP contribution is 2.17. The van der Waals surface area contributed by atoms with Gasteiger partial charge in [-0.1, -0.05) is 12.2 Å². The fourth-order valence-electron chi connectivity index (χ4n) is 2.59. The number of halogens is 1. The Morgan fingerprint density at radius 1 is 1.29 bits per heavy atom. The largest absolute Gasteiger partial charge is 0.368 e. The van der Waals surface area contributed by atoms with Crippen molar-refractivity contribution < 1.29 is 0 Å². The van der Waals surface area contributed by atoms with Gasteiger partial charge in [0.15, 0.2) is 11.6 Å². The van der Waals surface area contributed by atoms with Crippen LogP contribution in [-0.4, -0.2) is 51.9 Å². The summed E-state index contributed by atoms with van der Waals surface area (Å²) < 4.78 is 1.74. The lowest BCUT2D eigenvalue weighted by molar-refractivity contribution is 0.634. The van der Waals surface area contributed by atoms with E-state index >= 15 is 0 Å². The van der Waals surface area contributed by atoms with E-state index in [-0.39, 0.29) is 24.0 Å². The Balaban J connectivity index is 0.00000208. The van der Waals surface area contributed by atoms with E-state index in [4.69, 9.17) is 0 Å². The van der Waals surface area contributed by atoms with Gasteiger partial charge < -0.3 is 16.0 Å². The van der Waals surface area contributed by atoms with Crippen LogP contribution in [0.5, 0.6) is 0 Å². The predicted molar refractivity (Wildman–Crippen MR) is 107 cm³/mol. The SMILES string of the molecule is CN=C(NCCNc1ncnc2c1cnn2C)NC1CC=CC1.I. The summed E-state index contributed by atoms with van der Waals surface area (Å²) in [6.07, 6.45) is 9.82. The minimum absolute atomic E-state index is 0. The van der Waals surface area contributed by atoms with Gasteiger partial charge in [-0.3, -0.25) is 9.67 Å². The number of aliphatic imine (C=N–C) groups is 1. The number of guanidine groups is 1. The maximum Gasteiger partial charge on any atom is 0.191 e. The van der Waals surface area contributed by atoms with Crippen molar-refractivity contribution in [2.45, 2.75) is 18.9 Å². The molecular weight excluding hydrogens is 419 g/mol. The lowest BCUT2D eigenvalue weighted by atomic mass is 10.2. The van der Waals surface area contributed by atoms with Gasteiger partial charge in [-0.05, 0) is 12.8 Å². The summed E-state index contributed by atoms with van der Waals surface area (Å²) in [4.78, 5) is 12.8. The van der Waals surface area contributed by atoms with Crippen LogP contribution in [0.4, 0.5) is 5.82 Å². The molecule has 3 rings (SSSR count). The van der Waals surface area contributed by atoms with E-state index in [0.29, 0.717) is 6.04 Å². The van der Waals surface area contributed by atoms with E-state index in [1.807, 2.05) is 7.05 Å². The third kappa shape index (κ3) is 4.34. The zero-order valence-corrected chi connectivity index (χ0v) is 16.2. The van der Waals surface area contributed by atoms with Crippen molar-refractivity contribution in [1.82, 2.24) is 30.4 Å². The van der Waals surface area contributed by atoms with Crippen molar-refractivity contribution in [2.24, 2.45) is 12.0 Å². The van der Waals surface area contributed by atoms with Gasteiger partial charge >= 0.3 is 0 Å². The zero-order chi connectivity index (χ0) is 16.1. The summed E-state index contributed by atoms with van der Waals surface area (Å²) in [7, 11) is 3.66. The molecule has 8 nitrogen and oxygen atoms in total. The Morgan fingerprint density at radius 3 is 2.83 bits per heavy atom. The van der Waals surface area contributed by atoms with Gasteiger partial charge in [0, 0.05) is 33.2 Å². The van der Waals surface area contributed by atoms with Crippen LogP contribution in [0.3, 0.4) is 0 Å². The summed E-state index contributed by atoms with van der Waals surface area (Å²) in [5.74, 6) is 1.63. The Labute approximate surface area is 158 Å². The van der Waals surface area contributed by atoms with Gasteiger partial charge in [0.25, 0.3) is 0 Å². The number of nitrogens with one attached hydrogen (secondary N) is 3. The molecule has 130 valence electrons. The monoisotopic (exact) mass is 442 g/mol. The van der Waals surface area contributed by atoms with Crippen LogP contribution >= 0.6 is 24.0 Å². The lowest BCUT2D eigenvalue weighted by Gasteiger charge is -2.17. The molecule has 0 amide bonds. The Kier molecular flexibility index (Phi) is 6.76. The first kappa shape index (κ1) is 18.4. The summed E-state index contributed by atoms with van der Waals surface area (Å²) in [6.45, 7) is 1.47. The quantitative estimate of drug-likeness (QED) is 0.213. The minimum Gasteiger partial charge on any atom is -0.368 e. The van der Waals surface area contributed by atoms with Crippen LogP contribution in [0.25, 0.3) is 11.0 Å². The molecule has 2 aromatic rings. The molecule has 9 heteroatoms. The first-order chi connectivity index (χ1) is 11.3. The van der Waals surface area contributed by atoms with E-state index in [1.54, 1.807) is 24.3 Å². The molecule has 0 saturated carbocycles. The number of aromatic nitrogens is 4. The molecule has 0 saturated heterocycles. The maximum atomic E-state index is 4.28. The van der Waals surface area contributed by atoms with Crippen molar-refractivity contribution in [3.63, 3.8) is 0 Å². The van der Waals surface area contributed by atoms with Crippen LogP contribution < -0.4 is 16.0 Å². The van der Waals surface area contributed by atoms with E-state index in [2.05, 4.69) is 48.2 Å². The molecular formula is C15H23IN8. The van der Waals surface area contributed by atoms with Crippen LogP contribution in [-0.2, 0) is 7.05 Å². The summed E-state index contributed by atoms with van der Waals surface area (Å²) in [5.41, 5.74) is 0.821. The summed E-state index contributed by atoms with van der Waals surface area (Å²) in [6, 6.07) is 0.450. The normalized spacial score (nSPS) is 14.7. The standard InChI is InChI=1S/C15H22N8.HI/c1-16-15(22-11-5-3-4-6-11)18-8-7-17-13-12-9-21-23(2)14(12)20-10-19-13;/h3-4,9-11H,5-8H2,1-2H3,(H2,16,18,22)(H,17,19,20);1H. The van der Waals surface area contributed by atoms with Gasteiger partial charge in [0.2, 0.25) is 0 Å². The fourth-order valence-corrected chi connectivity index (χ4v) is 2.59. The average Bonchev–Trinajstić information content (AvgIpc) is 3.21. The van der Waals surface area contributed by atoms with Gasteiger partial charge in [-0.15, -0.1) is 24.0 Å². The molecule has 2 heterocycles. The van der Waals surface area contributed by atoms with Crippen LogP contribution in [0.15, 0.2) is 29.7 Å². The zero-order valence-electron chi connectivity index (χ0n) is 13.9. The molecule has 0 atom stereocenters. The molecule has 1 aliphatic rings. The highest BCUT2D eigenvalue weighted by Gasteiger charge is 2.11. The molecule has 0 radical (unpaired) electrons. The van der Waals surface area contributed by atoms with E-state index in [1.165, 1.54) is 0 Å². The number of fused-ring (bicyclic) bond motifs is 1. The van der Waals surface area contributed by atoms with Crippen LogP contribution in [0.2, 0.25) is 0 Å². The fraction of sp³-hybridized carbons (Fsp3) is 0.467. The van der Waals surface area contributed by atoms with Gasteiger partial charge in [0.1, 0.15) is 12.1 Å². The molecule has 0 unspecified atom stereocenters. The Bertz CT molecular complexity index is 715. The van der Waals surface area contributed by atoms with Crippen molar-refractivity contribution >= 4 is 46.8 Å². The first-order valence-corrected chi connectivity index (χ1v) is 7.76. The van der Waals surface area contributed by atoms with E-state index in [0.717, 1.165) is 48.7 Å². The van der Waals surface area contributed by atoms with Gasteiger partial charge in [-0.2, -0.15) is 5.10 Å². The number of nitrogens with zero attached hydrogens (tertiary/aromatic N) is 5. The number of rotatable bonds is 5. The Morgan fingerprint density at radius 2 is 2.08 bits per heavy atom. The number of anilines is 1. The second kappa shape index (κ2) is 8.81. The number of aryl methyl sites for hydroxylation is 1. The maximum absolute atomic E-state index is 4.28. The van der Waals surface area contributed by atoms with Crippen molar-refractivity contribution in [3.05, 3.63) is 24.7 Å². The van der Waals surface area contributed by atoms with Crippen LogP contribution in [0.1, 0.15) is 12.8 Å². The van der Waals surface area contributed by atoms with Gasteiger partial charge in [0.05, 0.1) is 11.6 Å². The molecule has 0 aliphatic heterocycles. The summed E-state index contributed by atoms with van der Waals surface area (Å²) >= 11 is 0. The highest BCUT2D eigenvalue weighted by molar-refractivity contribution is 14.0. The number of hydrogen-bond donors (Lipinski definition) is 3. The third-order valence-electron chi connectivity index (χ3n) is 3.81. The molecule has 3 N–H and O–H groups in total. The van der Waals surface area contributed by atoms with Crippen LogP contribution in [0, 0.1) is 0 Å². The lowest BCUT2D eigenvalue weighted by Crippen LogP contribution is -2.43. The molecule has 24 heavy (non-hydrogen) atoms. The molecule has 0 spiro atoms. The molecule has 0 bridgehead atoms. The first-order valence-electron chi connectivity index (χ1n) is 7.76. The molecule has 2 aromatic heterocycles. The topological polar surface area (TPSA) is 92.1 Å². The van der Waals surface area contributed by atoms with Crippen molar-refractivity contribution in [3.8, 4) is 0 Å². The van der Waals surface area contributed by atoms with E-state index in [9.17, 15) is 0 Å². The average molecular weight is 442 g/mol. The highest BCUT2D eigenvalue weighted by atomic mass is 127. The Hall–Kier alpha value is -1.91. The second-order valence-corrected chi connectivity index (χ2v) is 5.44. The second-order valence-electron chi connectivity index (χ2n) is 5.44. The molecule has 0 aromatic carbocycles. The number of hydrogen-bond acceptors (Lipinski definition) is 5. The smallest absolute Gasteiger partial charge is 0.191 e. The molecule has 0 fully saturated rings. The van der Waals surface area contributed by atoms with Gasteiger partial charge in [-0.25, -0.2) is 9.97 Å².